The van der Waals surface area contributed by atoms with Crippen molar-refractivity contribution in [1.82, 2.24) is 0 Å². The first kappa shape index (κ1) is 26.4. The van der Waals surface area contributed by atoms with Gasteiger partial charge in [0.15, 0.2) is 0 Å². The largest absolute Gasteiger partial charge is 0.310 e. The molecule has 0 radical (unpaired) electrons. The van der Waals surface area contributed by atoms with Gasteiger partial charge in [-0.3, -0.25) is 0 Å². The quantitative estimate of drug-likeness (QED) is 0.210. The summed E-state index contributed by atoms with van der Waals surface area (Å²) in [5.74, 6) is 0. The van der Waals surface area contributed by atoms with Gasteiger partial charge in [0.25, 0.3) is 0 Å². The molecule has 0 saturated carbocycles. The number of nitrogens with zero attached hydrogens (tertiary/aromatic N) is 2. The Bertz CT molecular complexity index is 1710. The minimum absolute atomic E-state index is 1.14. The van der Waals surface area contributed by atoms with Gasteiger partial charge in [-0.15, -0.1) is 0 Å². The van der Waals surface area contributed by atoms with E-state index < -0.39 is 0 Å². The van der Waals surface area contributed by atoms with Gasteiger partial charge < -0.3 is 9.80 Å². The van der Waals surface area contributed by atoms with Crippen molar-refractivity contribution in [1.29, 1.82) is 0 Å². The molecule has 2 nitrogen and oxygen atoms in total. The molecular weight excluding hydrogens is 496 g/mol. The fraction of sp³-hybridized carbons (Fsp3) is 0.128. The van der Waals surface area contributed by atoms with Crippen LogP contribution in [0, 0.1) is 34.6 Å². The molecule has 2 heteroatoms. The SMILES string of the molecule is Cc1ccc(N(c2ccc(C)cc2)c2cc(N(c3ccc(C)cc3)c3ccc(C)cc3)c3ccccc3c2C)cc1. The fourth-order valence-corrected chi connectivity index (χ4v) is 5.53. The van der Waals surface area contributed by atoms with Crippen LogP contribution in [0.1, 0.15) is 27.8 Å². The number of hydrogen-bond acceptors (Lipinski definition) is 2. The maximum absolute atomic E-state index is 2.40. The molecule has 0 aliphatic rings. The van der Waals surface area contributed by atoms with Gasteiger partial charge >= 0.3 is 0 Å². The fourth-order valence-electron chi connectivity index (χ4n) is 5.53. The minimum atomic E-state index is 1.14. The third kappa shape index (κ3) is 5.21. The Morgan fingerprint density at radius 2 is 0.659 bits per heavy atom. The molecule has 0 unspecified atom stereocenters. The molecule has 0 aliphatic carbocycles. The first-order valence-corrected chi connectivity index (χ1v) is 14.3. The summed E-state index contributed by atoms with van der Waals surface area (Å²) >= 11 is 0. The number of anilines is 6. The Balaban J connectivity index is 1.66. The Labute approximate surface area is 244 Å². The summed E-state index contributed by atoms with van der Waals surface area (Å²) < 4.78 is 0. The highest BCUT2D eigenvalue weighted by Crippen LogP contribution is 2.46. The normalized spacial score (nSPS) is 11.0. The molecule has 0 aromatic heterocycles. The van der Waals surface area contributed by atoms with Crippen LogP contribution in [0.25, 0.3) is 10.8 Å². The standard InChI is InChI=1S/C39H36N2/c1-27-10-18-32(19-11-27)40(33-20-12-28(2)13-21-33)38-26-39(37-9-7-6-8-36(37)31(38)5)41(34-22-14-29(3)15-23-34)35-24-16-30(4)17-25-35/h6-26H,1-5H3. The highest BCUT2D eigenvalue weighted by Gasteiger charge is 2.22. The van der Waals surface area contributed by atoms with E-state index in [0.29, 0.717) is 0 Å². The van der Waals surface area contributed by atoms with Crippen LogP contribution in [0.2, 0.25) is 0 Å². The maximum atomic E-state index is 2.40. The van der Waals surface area contributed by atoms with E-state index in [0.717, 1.165) is 34.1 Å². The lowest BCUT2D eigenvalue weighted by molar-refractivity contribution is 1.23. The summed E-state index contributed by atoms with van der Waals surface area (Å²) in [5, 5.41) is 2.47. The van der Waals surface area contributed by atoms with E-state index in [1.165, 1.54) is 38.6 Å². The van der Waals surface area contributed by atoms with Crippen molar-refractivity contribution in [3.8, 4) is 0 Å². The molecule has 6 rings (SSSR count). The van der Waals surface area contributed by atoms with E-state index >= 15 is 0 Å². The van der Waals surface area contributed by atoms with E-state index in [1.54, 1.807) is 0 Å². The van der Waals surface area contributed by atoms with Gasteiger partial charge in [-0.1, -0.05) is 95.1 Å². The monoisotopic (exact) mass is 532 g/mol. The summed E-state index contributed by atoms with van der Waals surface area (Å²) in [7, 11) is 0. The Kier molecular flexibility index (Phi) is 7.07. The summed E-state index contributed by atoms with van der Waals surface area (Å²) in [5.41, 5.74) is 13.1. The summed E-state index contributed by atoms with van der Waals surface area (Å²) in [6.45, 7) is 10.8. The first-order valence-electron chi connectivity index (χ1n) is 14.3. The molecule has 6 aromatic rings. The van der Waals surface area contributed by atoms with Gasteiger partial charge in [0.2, 0.25) is 0 Å². The number of fused-ring (bicyclic) bond motifs is 1. The van der Waals surface area contributed by atoms with Gasteiger partial charge in [-0.2, -0.15) is 0 Å². The predicted octanol–water partition coefficient (Wildman–Crippen LogP) is 11.3. The van der Waals surface area contributed by atoms with Crippen molar-refractivity contribution in [2.24, 2.45) is 0 Å². The highest BCUT2D eigenvalue weighted by atomic mass is 15.2. The van der Waals surface area contributed by atoms with Crippen molar-refractivity contribution < 1.29 is 0 Å². The Morgan fingerprint density at radius 1 is 0.341 bits per heavy atom. The first-order chi connectivity index (χ1) is 19.9. The lowest BCUT2D eigenvalue weighted by Gasteiger charge is -2.32. The Hall–Kier alpha value is -4.82. The smallest absolute Gasteiger partial charge is 0.0561 e. The van der Waals surface area contributed by atoms with E-state index in [4.69, 9.17) is 0 Å². The van der Waals surface area contributed by atoms with Crippen LogP contribution in [0.4, 0.5) is 34.1 Å². The van der Waals surface area contributed by atoms with Crippen LogP contribution in [0.3, 0.4) is 0 Å². The molecule has 0 spiro atoms. The topological polar surface area (TPSA) is 6.48 Å². The zero-order valence-corrected chi connectivity index (χ0v) is 24.5. The second kappa shape index (κ2) is 11.0. The summed E-state index contributed by atoms with van der Waals surface area (Å²) in [6, 6.07) is 46.5. The van der Waals surface area contributed by atoms with E-state index in [2.05, 4.69) is 172 Å². The van der Waals surface area contributed by atoms with E-state index in [9.17, 15) is 0 Å². The lowest BCUT2D eigenvalue weighted by Crippen LogP contribution is -2.15. The molecule has 6 aromatic carbocycles. The number of aryl methyl sites for hydroxylation is 5. The molecule has 41 heavy (non-hydrogen) atoms. The predicted molar refractivity (Wildman–Crippen MR) is 177 cm³/mol. The van der Waals surface area contributed by atoms with Gasteiger partial charge in [-0.05, 0) is 100 Å². The Morgan fingerprint density at radius 3 is 1.02 bits per heavy atom. The van der Waals surface area contributed by atoms with Gasteiger partial charge in [0.1, 0.15) is 0 Å². The molecule has 0 bridgehead atoms. The van der Waals surface area contributed by atoms with Crippen molar-refractivity contribution >= 4 is 44.9 Å². The molecule has 0 saturated heterocycles. The lowest BCUT2D eigenvalue weighted by atomic mass is 9.98. The van der Waals surface area contributed by atoms with E-state index in [-0.39, 0.29) is 0 Å². The molecule has 0 atom stereocenters. The number of rotatable bonds is 6. The second-order valence-corrected chi connectivity index (χ2v) is 11.1. The van der Waals surface area contributed by atoms with Crippen molar-refractivity contribution in [3.63, 3.8) is 0 Å². The number of benzene rings is 6. The average molecular weight is 533 g/mol. The van der Waals surface area contributed by atoms with Crippen LogP contribution in [-0.4, -0.2) is 0 Å². The van der Waals surface area contributed by atoms with Crippen molar-refractivity contribution in [3.05, 3.63) is 155 Å². The van der Waals surface area contributed by atoms with Crippen LogP contribution >= 0.6 is 0 Å². The molecule has 0 amide bonds. The summed E-state index contributed by atoms with van der Waals surface area (Å²) in [6.07, 6.45) is 0. The third-order valence-electron chi connectivity index (χ3n) is 7.92. The van der Waals surface area contributed by atoms with E-state index in [1.807, 2.05) is 0 Å². The van der Waals surface area contributed by atoms with Crippen LogP contribution in [-0.2, 0) is 0 Å². The second-order valence-electron chi connectivity index (χ2n) is 11.1. The maximum Gasteiger partial charge on any atom is 0.0561 e. The zero-order valence-electron chi connectivity index (χ0n) is 24.5. The molecule has 0 aliphatic heterocycles. The third-order valence-corrected chi connectivity index (χ3v) is 7.92. The van der Waals surface area contributed by atoms with Crippen LogP contribution < -0.4 is 9.80 Å². The zero-order chi connectivity index (χ0) is 28.5. The molecule has 0 N–H and O–H groups in total. The van der Waals surface area contributed by atoms with Gasteiger partial charge in [-0.25, -0.2) is 0 Å². The molecular formula is C39H36N2. The number of hydrogen-bond donors (Lipinski definition) is 0. The molecule has 202 valence electrons. The summed E-state index contributed by atoms with van der Waals surface area (Å²) in [4.78, 5) is 4.79. The van der Waals surface area contributed by atoms with Gasteiger partial charge in [0.05, 0.1) is 11.4 Å². The van der Waals surface area contributed by atoms with Crippen LogP contribution in [0.5, 0.6) is 0 Å². The van der Waals surface area contributed by atoms with Crippen LogP contribution in [0.15, 0.2) is 127 Å². The molecule has 0 heterocycles. The van der Waals surface area contributed by atoms with Gasteiger partial charge in [0, 0.05) is 28.1 Å². The molecule has 0 fully saturated rings. The van der Waals surface area contributed by atoms with Crippen molar-refractivity contribution in [2.75, 3.05) is 9.80 Å². The minimum Gasteiger partial charge on any atom is -0.310 e. The van der Waals surface area contributed by atoms with Crippen molar-refractivity contribution in [2.45, 2.75) is 34.6 Å². The average Bonchev–Trinajstić information content (AvgIpc) is 2.99. The highest BCUT2D eigenvalue weighted by molar-refractivity contribution is 6.05.